The zero-order valence-corrected chi connectivity index (χ0v) is 18.1. The van der Waals surface area contributed by atoms with Gasteiger partial charge in [0, 0.05) is 24.2 Å². The molecule has 2 N–H and O–H groups in total. The molecule has 0 fully saturated rings. The summed E-state index contributed by atoms with van der Waals surface area (Å²) in [5, 5.41) is 6.14. The topological polar surface area (TPSA) is 78.1 Å². The maximum Gasteiger partial charge on any atom is 0.261 e. The van der Waals surface area contributed by atoms with Crippen molar-refractivity contribution in [3.8, 4) is 0 Å². The van der Waals surface area contributed by atoms with Crippen LogP contribution in [0.3, 0.4) is 0 Å². The molecule has 0 bridgehead atoms. The maximum absolute atomic E-state index is 12.8. The van der Waals surface area contributed by atoms with E-state index in [4.69, 9.17) is 0 Å². The summed E-state index contributed by atoms with van der Waals surface area (Å²) in [5.74, 6) is -0.323. The minimum Gasteiger partial charge on any atom is -0.345 e. The van der Waals surface area contributed by atoms with Crippen LogP contribution in [0.25, 0.3) is 0 Å². The Morgan fingerprint density at radius 2 is 2.10 bits per heavy atom. The first-order valence-corrected chi connectivity index (χ1v) is 11.1. The Balaban J connectivity index is 1.42. The fourth-order valence-electron chi connectivity index (χ4n) is 4.03. The lowest BCUT2D eigenvalue weighted by Gasteiger charge is -2.26. The van der Waals surface area contributed by atoms with Crippen molar-refractivity contribution < 1.29 is 4.79 Å². The van der Waals surface area contributed by atoms with E-state index in [1.165, 1.54) is 5.56 Å². The number of aromatic amines is 1. The molecule has 3 aromatic rings. The smallest absolute Gasteiger partial charge is 0.261 e. The summed E-state index contributed by atoms with van der Waals surface area (Å²) in [6.45, 7) is 3.26. The van der Waals surface area contributed by atoms with Crippen LogP contribution in [-0.2, 0) is 19.5 Å². The van der Waals surface area contributed by atoms with Gasteiger partial charge >= 0.3 is 0 Å². The second kappa shape index (κ2) is 8.93. The largest absolute Gasteiger partial charge is 0.345 e. The molecule has 1 aliphatic rings. The number of nitrogens with one attached hydrogen (secondary N) is 2. The monoisotopic (exact) mass is 422 g/mol. The van der Waals surface area contributed by atoms with Crippen molar-refractivity contribution in [2.45, 2.75) is 45.3 Å². The van der Waals surface area contributed by atoms with Crippen LogP contribution in [-0.4, -0.2) is 27.8 Å². The Morgan fingerprint density at radius 3 is 2.87 bits per heavy atom. The van der Waals surface area contributed by atoms with Gasteiger partial charge in [0.15, 0.2) is 0 Å². The van der Waals surface area contributed by atoms with Crippen LogP contribution < -0.4 is 10.9 Å². The molecule has 0 saturated heterocycles. The van der Waals surface area contributed by atoms with E-state index in [9.17, 15) is 9.59 Å². The molecule has 30 heavy (non-hydrogen) atoms. The number of aromatic nitrogens is 2. The Bertz CT molecular complexity index is 1100. The highest BCUT2D eigenvalue weighted by atomic mass is 32.1. The minimum atomic E-state index is -0.355. The molecular weight excluding hydrogens is 396 g/mol. The highest BCUT2D eigenvalue weighted by Crippen LogP contribution is 2.29. The van der Waals surface area contributed by atoms with Gasteiger partial charge in [-0.1, -0.05) is 24.3 Å². The third kappa shape index (κ3) is 4.68. The molecule has 2 aromatic heterocycles. The average molecular weight is 423 g/mol. The Hall–Kier alpha value is -2.77. The van der Waals surface area contributed by atoms with Crippen molar-refractivity contribution in [1.29, 1.82) is 0 Å². The number of hydrogen-bond acceptors (Lipinski definition) is 5. The van der Waals surface area contributed by atoms with E-state index in [0.29, 0.717) is 13.1 Å². The normalized spacial score (nSPS) is 15.8. The number of pyridine rings is 1. The summed E-state index contributed by atoms with van der Waals surface area (Å²) in [5.41, 5.74) is 4.02. The summed E-state index contributed by atoms with van der Waals surface area (Å²) in [7, 11) is 1.98. The Labute approximate surface area is 180 Å². The van der Waals surface area contributed by atoms with E-state index in [1.807, 2.05) is 37.6 Å². The van der Waals surface area contributed by atoms with Crippen LogP contribution in [0.1, 0.15) is 56.8 Å². The number of amides is 1. The molecule has 1 atom stereocenters. The number of hydrogen-bond donors (Lipinski definition) is 2. The van der Waals surface area contributed by atoms with Crippen molar-refractivity contribution in [2.75, 3.05) is 7.05 Å². The maximum atomic E-state index is 12.8. The summed E-state index contributed by atoms with van der Waals surface area (Å²) in [6.07, 6.45) is 2.95. The molecule has 1 aromatic carbocycles. The molecule has 0 aliphatic heterocycles. The van der Waals surface area contributed by atoms with Gasteiger partial charge in [0.05, 0.1) is 16.7 Å². The second-order valence-electron chi connectivity index (χ2n) is 7.87. The first-order chi connectivity index (χ1) is 14.5. The van der Waals surface area contributed by atoms with Crippen molar-refractivity contribution in [3.63, 3.8) is 0 Å². The van der Waals surface area contributed by atoms with Crippen LogP contribution in [0, 0.1) is 6.92 Å². The van der Waals surface area contributed by atoms with Crippen LogP contribution >= 0.6 is 11.3 Å². The van der Waals surface area contributed by atoms with Gasteiger partial charge in [-0.05, 0) is 56.5 Å². The number of carbonyl (C=O) groups excluding carboxylic acids is 1. The quantitative estimate of drug-likeness (QED) is 0.637. The molecule has 1 amide bonds. The number of fused-ring (bicyclic) bond motifs is 1. The molecule has 1 unspecified atom stereocenters. The van der Waals surface area contributed by atoms with E-state index in [1.54, 1.807) is 17.4 Å². The highest BCUT2D eigenvalue weighted by molar-refractivity contribution is 7.09. The van der Waals surface area contributed by atoms with Gasteiger partial charge in [-0.25, -0.2) is 4.98 Å². The molecule has 7 heteroatoms. The minimum absolute atomic E-state index is 0.0470. The predicted molar refractivity (Wildman–Crippen MR) is 119 cm³/mol. The number of carbonyl (C=O) groups is 1. The lowest BCUT2D eigenvalue weighted by molar-refractivity contribution is 0.0931. The second-order valence-corrected chi connectivity index (χ2v) is 8.94. The van der Waals surface area contributed by atoms with Crippen LogP contribution in [0.5, 0.6) is 0 Å². The van der Waals surface area contributed by atoms with E-state index in [-0.39, 0.29) is 23.1 Å². The molecule has 156 valence electrons. The van der Waals surface area contributed by atoms with Gasteiger partial charge < -0.3 is 10.3 Å². The summed E-state index contributed by atoms with van der Waals surface area (Å²) < 4.78 is 0. The van der Waals surface area contributed by atoms with E-state index in [2.05, 4.69) is 32.3 Å². The van der Waals surface area contributed by atoms with Crippen molar-refractivity contribution in [2.24, 2.45) is 0 Å². The molecule has 2 heterocycles. The number of H-pyrrole nitrogens is 1. The molecule has 0 saturated carbocycles. The SMILES string of the molecule is Cc1nc(CN(C)Cc2ccc(C(=O)NC3CCCc4ccccc43)c(=O)[nH]2)cs1. The number of thiazole rings is 1. The van der Waals surface area contributed by atoms with Gasteiger partial charge in [-0.3, -0.25) is 14.5 Å². The van der Waals surface area contributed by atoms with E-state index in [0.717, 1.165) is 41.2 Å². The highest BCUT2D eigenvalue weighted by Gasteiger charge is 2.23. The first-order valence-electron chi connectivity index (χ1n) is 10.2. The standard InChI is InChI=1S/C23H26N4O2S/c1-15-24-18(14-30-15)13-27(2)12-17-10-11-20(22(28)25-17)23(29)26-21-9-5-7-16-6-3-4-8-19(16)21/h3-4,6,8,10-11,14,21H,5,7,9,12-13H2,1-2H3,(H,25,28)(H,26,29). The molecule has 6 nitrogen and oxygen atoms in total. The number of rotatable bonds is 6. The molecule has 1 aliphatic carbocycles. The lowest BCUT2D eigenvalue weighted by atomic mass is 9.87. The lowest BCUT2D eigenvalue weighted by Crippen LogP contribution is -2.34. The summed E-state index contributed by atoms with van der Waals surface area (Å²) in [6, 6.07) is 11.6. The Kier molecular flexibility index (Phi) is 6.11. The number of benzene rings is 1. The zero-order chi connectivity index (χ0) is 21.1. The van der Waals surface area contributed by atoms with Gasteiger partial charge in [-0.2, -0.15) is 0 Å². The Morgan fingerprint density at radius 1 is 1.27 bits per heavy atom. The molecule has 0 radical (unpaired) electrons. The van der Waals surface area contributed by atoms with Crippen LogP contribution in [0.2, 0.25) is 0 Å². The number of aryl methyl sites for hydroxylation is 2. The van der Waals surface area contributed by atoms with Crippen molar-refractivity contribution in [3.05, 3.63) is 85.2 Å². The molecular formula is C23H26N4O2S. The van der Waals surface area contributed by atoms with Crippen molar-refractivity contribution in [1.82, 2.24) is 20.2 Å². The fourth-order valence-corrected chi connectivity index (χ4v) is 4.63. The van der Waals surface area contributed by atoms with E-state index >= 15 is 0 Å². The summed E-state index contributed by atoms with van der Waals surface area (Å²) >= 11 is 1.63. The van der Waals surface area contributed by atoms with Gasteiger partial charge in [0.25, 0.3) is 11.5 Å². The molecule has 0 spiro atoms. The van der Waals surface area contributed by atoms with Crippen LogP contribution in [0.4, 0.5) is 0 Å². The zero-order valence-electron chi connectivity index (χ0n) is 17.3. The van der Waals surface area contributed by atoms with Crippen LogP contribution in [0.15, 0.2) is 46.6 Å². The number of nitrogens with zero attached hydrogens (tertiary/aromatic N) is 2. The third-order valence-electron chi connectivity index (χ3n) is 5.43. The molecule has 4 rings (SSSR count). The average Bonchev–Trinajstić information content (AvgIpc) is 3.12. The predicted octanol–water partition coefficient (Wildman–Crippen LogP) is 3.58. The van der Waals surface area contributed by atoms with Crippen molar-refractivity contribution >= 4 is 17.2 Å². The third-order valence-corrected chi connectivity index (χ3v) is 6.25. The van der Waals surface area contributed by atoms with Gasteiger partial charge in [-0.15, -0.1) is 11.3 Å². The first kappa shape index (κ1) is 20.5. The summed E-state index contributed by atoms with van der Waals surface area (Å²) in [4.78, 5) is 34.7. The van der Waals surface area contributed by atoms with E-state index < -0.39 is 0 Å². The fraction of sp³-hybridized carbons (Fsp3) is 0.348. The van der Waals surface area contributed by atoms with Gasteiger partial charge in [0.1, 0.15) is 5.56 Å². The van der Waals surface area contributed by atoms with Gasteiger partial charge in [0.2, 0.25) is 0 Å².